The van der Waals surface area contributed by atoms with Crippen molar-refractivity contribution < 1.29 is 14.0 Å². The van der Waals surface area contributed by atoms with Crippen LogP contribution in [-0.4, -0.2) is 21.6 Å². The molecule has 7 heteroatoms. The van der Waals surface area contributed by atoms with Crippen molar-refractivity contribution in [2.45, 2.75) is 26.8 Å². The van der Waals surface area contributed by atoms with Crippen LogP contribution in [0.15, 0.2) is 52.9 Å². The summed E-state index contributed by atoms with van der Waals surface area (Å²) in [5, 5.41) is 9.89. The van der Waals surface area contributed by atoms with Crippen molar-refractivity contribution in [1.29, 1.82) is 0 Å². The third kappa shape index (κ3) is 4.00. The minimum atomic E-state index is -0.347. The molecule has 0 aliphatic carbocycles. The minimum absolute atomic E-state index is 0.153. The van der Waals surface area contributed by atoms with E-state index in [-0.39, 0.29) is 24.1 Å². The van der Waals surface area contributed by atoms with Crippen molar-refractivity contribution in [2.75, 3.05) is 5.32 Å². The van der Waals surface area contributed by atoms with Gasteiger partial charge < -0.3 is 15.1 Å². The van der Waals surface area contributed by atoms with Gasteiger partial charge in [0.05, 0.1) is 12.2 Å². The summed E-state index contributed by atoms with van der Waals surface area (Å²) < 4.78 is 6.98. The summed E-state index contributed by atoms with van der Waals surface area (Å²) in [5.41, 5.74) is 0.961. The Morgan fingerprint density at radius 3 is 2.58 bits per heavy atom. The Bertz CT molecular complexity index is 912. The lowest BCUT2D eigenvalue weighted by molar-refractivity contribution is -0.115. The zero-order chi connectivity index (χ0) is 18.5. The Balaban J connectivity index is 1.82. The molecule has 7 nitrogen and oxygen atoms in total. The van der Waals surface area contributed by atoms with E-state index in [9.17, 15) is 9.59 Å². The maximum atomic E-state index is 12.4. The molecule has 0 fully saturated rings. The molecule has 2 amide bonds. The zero-order valence-electron chi connectivity index (χ0n) is 14.7. The highest BCUT2D eigenvalue weighted by Crippen LogP contribution is 2.18. The smallest absolute Gasteiger partial charge is 0.272 e. The van der Waals surface area contributed by atoms with E-state index in [1.165, 1.54) is 0 Å². The number of para-hydroxylation sites is 1. The quantitative estimate of drug-likeness (QED) is 0.713. The van der Waals surface area contributed by atoms with Crippen molar-refractivity contribution in [3.63, 3.8) is 0 Å². The number of furan rings is 1. The van der Waals surface area contributed by atoms with Gasteiger partial charge in [0.2, 0.25) is 5.91 Å². The fourth-order valence-corrected chi connectivity index (χ4v) is 2.42. The summed E-state index contributed by atoms with van der Waals surface area (Å²) in [5.74, 6) is 1.40. The summed E-state index contributed by atoms with van der Waals surface area (Å²) in [7, 11) is 0. The standard InChI is InChI=1S/C19H20N4O3/c1-3-18(24)21-17-11-16(22-23(17)14-7-5-4-6-8-14)19(25)20-12-15-10-9-13(2)26-15/h4-11H,3,12H2,1-2H3,(H,20,25)(H,21,24). The maximum Gasteiger partial charge on any atom is 0.272 e. The number of nitrogens with one attached hydrogen (secondary N) is 2. The van der Waals surface area contributed by atoms with E-state index >= 15 is 0 Å². The molecule has 26 heavy (non-hydrogen) atoms. The molecule has 0 atom stereocenters. The molecule has 0 aliphatic rings. The van der Waals surface area contributed by atoms with E-state index in [2.05, 4.69) is 15.7 Å². The number of aryl methyl sites for hydroxylation is 1. The highest BCUT2D eigenvalue weighted by molar-refractivity contribution is 5.95. The molecule has 0 unspecified atom stereocenters. The van der Waals surface area contributed by atoms with E-state index in [1.807, 2.05) is 49.4 Å². The van der Waals surface area contributed by atoms with E-state index in [1.54, 1.807) is 17.7 Å². The number of carbonyl (C=O) groups is 2. The number of benzene rings is 1. The molecular formula is C19H20N4O3. The molecule has 0 aliphatic heterocycles. The van der Waals surface area contributed by atoms with Gasteiger partial charge in [-0.05, 0) is 31.2 Å². The summed E-state index contributed by atoms with van der Waals surface area (Å²) in [6, 6.07) is 14.5. The van der Waals surface area contributed by atoms with Crippen molar-refractivity contribution in [3.8, 4) is 5.69 Å². The minimum Gasteiger partial charge on any atom is -0.465 e. The zero-order valence-corrected chi connectivity index (χ0v) is 14.7. The average Bonchev–Trinajstić information content (AvgIpc) is 3.26. The molecule has 2 N–H and O–H groups in total. The van der Waals surface area contributed by atoms with E-state index in [0.29, 0.717) is 18.0 Å². The topological polar surface area (TPSA) is 89.2 Å². The Morgan fingerprint density at radius 2 is 1.92 bits per heavy atom. The lowest BCUT2D eigenvalue weighted by atomic mass is 10.3. The summed E-state index contributed by atoms with van der Waals surface area (Å²) >= 11 is 0. The van der Waals surface area contributed by atoms with Crippen LogP contribution in [0.25, 0.3) is 5.69 Å². The van der Waals surface area contributed by atoms with E-state index in [0.717, 1.165) is 11.4 Å². The summed E-state index contributed by atoms with van der Waals surface area (Å²) in [6.45, 7) is 3.87. The van der Waals surface area contributed by atoms with Crippen LogP contribution in [0.4, 0.5) is 5.82 Å². The van der Waals surface area contributed by atoms with Gasteiger partial charge in [-0.25, -0.2) is 4.68 Å². The summed E-state index contributed by atoms with van der Waals surface area (Å²) in [6.07, 6.45) is 0.333. The van der Waals surface area contributed by atoms with Crippen molar-refractivity contribution in [3.05, 3.63) is 65.7 Å². The number of rotatable bonds is 6. The van der Waals surface area contributed by atoms with Gasteiger partial charge in [-0.1, -0.05) is 25.1 Å². The number of anilines is 1. The first kappa shape index (κ1) is 17.5. The maximum absolute atomic E-state index is 12.4. The Morgan fingerprint density at radius 1 is 1.15 bits per heavy atom. The van der Waals surface area contributed by atoms with Crippen LogP contribution in [0.1, 0.15) is 35.4 Å². The molecule has 134 valence electrons. The second-order valence-corrected chi connectivity index (χ2v) is 5.76. The molecule has 0 radical (unpaired) electrons. The third-order valence-corrected chi connectivity index (χ3v) is 3.75. The van der Waals surface area contributed by atoms with Gasteiger partial charge in [-0.3, -0.25) is 9.59 Å². The number of aromatic nitrogens is 2. The van der Waals surface area contributed by atoms with Crippen LogP contribution in [0.5, 0.6) is 0 Å². The molecule has 3 rings (SSSR count). The van der Waals surface area contributed by atoms with Crippen LogP contribution in [0, 0.1) is 6.92 Å². The molecule has 0 bridgehead atoms. The largest absolute Gasteiger partial charge is 0.465 e. The predicted octanol–water partition coefficient (Wildman–Crippen LogP) is 3.05. The molecule has 0 saturated carbocycles. The second-order valence-electron chi connectivity index (χ2n) is 5.76. The molecule has 0 saturated heterocycles. The number of hydrogen-bond acceptors (Lipinski definition) is 4. The number of nitrogens with zero attached hydrogens (tertiary/aromatic N) is 2. The predicted molar refractivity (Wildman–Crippen MR) is 97.1 cm³/mol. The fraction of sp³-hybridized carbons (Fsp3) is 0.211. The van der Waals surface area contributed by atoms with Gasteiger partial charge in [-0.2, -0.15) is 5.10 Å². The average molecular weight is 352 g/mol. The highest BCUT2D eigenvalue weighted by Gasteiger charge is 2.17. The van der Waals surface area contributed by atoms with Crippen LogP contribution in [0.2, 0.25) is 0 Å². The first-order chi connectivity index (χ1) is 12.6. The van der Waals surface area contributed by atoms with Crippen molar-refractivity contribution >= 4 is 17.6 Å². The Labute approximate surface area is 151 Å². The highest BCUT2D eigenvalue weighted by atomic mass is 16.3. The molecule has 3 aromatic rings. The third-order valence-electron chi connectivity index (χ3n) is 3.75. The molecule has 2 aromatic heterocycles. The van der Waals surface area contributed by atoms with Crippen LogP contribution < -0.4 is 10.6 Å². The molecule has 0 spiro atoms. The van der Waals surface area contributed by atoms with Crippen LogP contribution >= 0.6 is 0 Å². The van der Waals surface area contributed by atoms with Gasteiger partial charge in [0.15, 0.2) is 5.69 Å². The molecule has 2 heterocycles. The van der Waals surface area contributed by atoms with Gasteiger partial charge in [0, 0.05) is 12.5 Å². The lowest BCUT2D eigenvalue weighted by Crippen LogP contribution is -2.23. The van der Waals surface area contributed by atoms with Crippen molar-refractivity contribution in [1.82, 2.24) is 15.1 Å². The molecule has 1 aromatic carbocycles. The van der Waals surface area contributed by atoms with Crippen molar-refractivity contribution in [2.24, 2.45) is 0 Å². The van der Waals surface area contributed by atoms with Crippen LogP contribution in [0.3, 0.4) is 0 Å². The first-order valence-electron chi connectivity index (χ1n) is 8.35. The number of amides is 2. The fourth-order valence-electron chi connectivity index (χ4n) is 2.42. The van der Waals surface area contributed by atoms with Gasteiger partial charge in [-0.15, -0.1) is 0 Å². The van der Waals surface area contributed by atoms with E-state index < -0.39 is 0 Å². The van der Waals surface area contributed by atoms with Gasteiger partial charge >= 0.3 is 0 Å². The van der Waals surface area contributed by atoms with Crippen LogP contribution in [-0.2, 0) is 11.3 Å². The summed E-state index contributed by atoms with van der Waals surface area (Å²) in [4.78, 5) is 24.2. The SMILES string of the molecule is CCC(=O)Nc1cc(C(=O)NCc2ccc(C)o2)nn1-c1ccccc1. The lowest BCUT2D eigenvalue weighted by Gasteiger charge is -2.07. The number of carbonyl (C=O) groups excluding carboxylic acids is 2. The van der Waals surface area contributed by atoms with E-state index in [4.69, 9.17) is 4.42 Å². The van der Waals surface area contributed by atoms with Gasteiger partial charge in [0.25, 0.3) is 5.91 Å². The number of hydrogen-bond donors (Lipinski definition) is 2. The normalized spacial score (nSPS) is 10.5. The van der Waals surface area contributed by atoms with Gasteiger partial charge in [0.1, 0.15) is 17.3 Å². The first-order valence-corrected chi connectivity index (χ1v) is 8.35. The Hall–Kier alpha value is -3.35. The second kappa shape index (κ2) is 7.69. The molecular weight excluding hydrogens is 332 g/mol. The monoisotopic (exact) mass is 352 g/mol. The Kier molecular flexibility index (Phi) is 5.17.